The average molecular weight is 352 g/mol. The lowest BCUT2D eigenvalue weighted by Crippen LogP contribution is -2.50. The molecule has 0 saturated heterocycles. The first-order valence-corrected chi connectivity index (χ1v) is 9.59. The molecule has 4 bridgehead atoms. The molecule has 5 nitrogen and oxygen atoms in total. The zero-order chi connectivity index (χ0) is 17.7. The van der Waals surface area contributed by atoms with Crippen molar-refractivity contribution in [2.75, 3.05) is 7.11 Å². The van der Waals surface area contributed by atoms with Gasteiger partial charge in [-0.15, -0.1) is 0 Å². The van der Waals surface area contributed by atoms with Crippen LogP contribution in [0.1, 0.15) is 42.5 Å². The zero-order valence-electron chi connectivity index (χ0n) is 15.0. The van der Waals surface area contributed by atoms with E-state index in [1.54, 1.807) is 6.20 Å². The Morgan fingerprint density at radius 2 is 1.81 bits per heavy atom. The number of nitrogens with zero attached hydrogens (tertiary/aromatic N) is 1. The molecule has 1 aromatic carbocycles. The monoisotopic (exact) mass is 352 g/mol. The molecular weight excluding hydrogens is 328 g/mol. The predicted molar refractivity (Wildman–Crippen MR) is 96.8 cm³/mol. The van der Waals surface area contributed by atoms with Crippen molar-refractivity contribution in [1.29, 1.82) is 0 Å². The fraction of sp³-hybridized carbons (Fsp3) is 0.524. The molecule has 0 unspecified atom stereocenters. The summed E-state index contributed by atoms with van der Waals surface area (Å²) in [4.78, 5) is 12.4. The number of hydrogen-bond donors (Lipinski definition) is 1. The standard InChI is InChI=1S/C21H24N2O3/c1-25-21(24)18-9-14(17-10-22-23-11-17)2-3-19(18)26-20-15-5-12-4-13(7-15)8-16(20)6-12/h2-3,9-13,15-16,20H,4-8H2,1H3,(H,22,23). The van der Waals surface area contributed by atoms with E-state index in [1.165, 1.54) is 39.2 Å². The Labute approximate surface area is 153 Å². The van der Waals surface area contributed by atoms with Crippen molar-refractivity contribution in [2.45, 2.75) is 38.2 Å². The number of aromatic nitrogens is 2. The van der Waals surface area contributed by atoms with Gasteiger partial charge in [0.1, 0.15) is 17.4 Å². The van der Waals surface area contributed by atoms with Crippen LogP contribution >= 0.6 is 0 Å². The molecule has 0 spiro atoms. The Hall–Kier alpha value is -2.30. The SMILES string of the molecule is COC(=O)c1cc(-c2cn[nH]c2)ccc1OC1C2CC3CC(C2)CC1C3. The summed E-state index contributed by atoms with van der Waals surface area (Å²) in [5.74, 6) is 3.40. The molecule has 1 heterocycles. The zero-order valence-corrected chi connectivity index (χ0v) is 15.0. The van der Waals surface area contributed by atoms with Crippen LogP contribution in [0.5, 0.6) is 5.75 Å². The van der Waals surface area contributed by atoms with Gasteiger partial charge < -0.3 is 9.47 Å². The lowest BCUT2D eigenvalue weighted by atomic mass is 9.55. The minimum Gasteiger partial charge on any atom is -0.489 e. The van der Waals surface area contributed by atoms with Gasteiger partial charge in [-0.25, -0.2) is 4.79 Å². The molecule has 4 fully saturated rings. The molecule has 0 aliphatic heterocycles. The van der Waals surface area contributed by atoms with Gasteiger partial charge in [-0.3, -0.25) is 5.10 Å². The smallest absolute Gasteiger partial charge is 0.341 e. The van der Waals surface area contributed by atoms with Gasteiger partial charge in [0.25, 0.3) is 0 Å². The molecule has 0 radical (unpaired) electrons. The van der Waals surface area contributed by atoms with Crippen molar-refractivity contribution in [3.63, 3.8) is 0 Å². The normalized spacial score (nSPS) is 31.8. The number of H-pyrrole nitrogens is 1. The van der Waals surface area contributed by atoms with E-state index in [1.807, 2.05) is 24.4 Å². The maximum atomic E-state index is 12.4. The molecule has 4 saturated carbocycles. The highest BCUT2D eigenvalue weighted by Crippen LogP contribution is 2.54. The van der Waals surface area contributed by atoms with Gasteiger partial charge in [0.15, 0.2) is 0 Å². The molecule has 1 N–H and O–H groups in total. The first kappa shape index (κ1) is 15.9. The summed E-state index contributed by atoms with van der Waals surface area (Å²) in [7, 11) is 1.42. The summed E-state index contributed by atoms with van der Waals surface area (Å²) < 4.78 is 11.5. The van der Waals surface area contributed by atoms with Crippen LogP contribution in [0.2, 0.25) is 0 Å². The summed E-state index contributed by atoms with van der Waals surface area (Å²) >= 11 is 0. The molecular formula is C21H24N2O3. The number of rotatable bonds is 4. The maximum Gasteiger partial charge on any atom is 0.341 e. The van der Waals surface area contributed by atoms with E-state index in [-0.39, 0.29) is 12.1 Å². The number of hydrogen-bond acceptors (Lipinski definition) is 4. The fourth-order valence-electron chi connectivity index (χ4n) is 5.70. The van der Waals surface area contributed by atoms with Crippen LogP contribution in [-0.4, -0.2) is 29.4 Å². The van der Waals surface area contributed by atoms with E-state index in [2.05, 4.69) is 10.2 Å². The number of carbonyl (C=O) groups excluding carboxylic acids is 1. The van der Waals surface area contributed by atoms with Crippen LogP contribution in [0, 0.1) is 23.7 Å². The molecule has 6 rings (SSSR count). The van der Waals surface area contributed by atoms with Crippen LogP contribution in [0.3, 0.4) is 0 Å². The van der Waals surface area contributed by atoms with Gasteiger partial charge in [0.05, 0.1) is 13.3 Å². The van der Waals surface area contributed by atoms with Gasteiger partial charge >= 0.3 is 5.97 Å². The average Bonchev–Trinajstić information content (AvgIpc) is 3.18. The van der Waals surface area contributed by atoms with Gasteiger partial charge in [-0.2, -0.15) is 5.10 Å². The molecule has 4 aliphatic carbocycles. The third-order valence-electron chi connectivity index (χ3n) is 6.62. The Morgan fingerprint density at radius 3 is 2.42 bits per heavy atom. The lowest BCUT2D eigenvalue weighted by Gasteiger charge is -2.53. The second-order valence-corrected chi connectivity index (χ2v) is 8.20. The van der Waals surface area contributed by atoms with E-state index in [9.17, 15) is 4.79 Å². The molecule has 26 heavy (non-hydrogen) atoms. The minimum atomic E-state index is -0.353. The van der Waals surface area contributed by atoms with Crippen molar-refractivity contribution in [1.82, 2.24) is 10.2 Å². The van der Waals surface area contributed by atoms with E-state index < -0.39 is 0 Å². The number of ether oxygens (including phenoxy) is 2. The summed E-state index contributed by atoms with van der Waals surface area (Å²) in [6.45, 7) is 0. The summed E-state index contributed by atoms with van der Waals surface area (Å²) in [6.07, 6.45) is 10.4. The Bertz CT molecular complexity index is 787. The lowest BCUT2D eigenvalue weighted by molar-refractivity contribution is -0.0792. The van der Waals surface area contributed by atoms with Gasteiger partial charge in [0.2, 0.25) is 0 Å². The Kier molecular flexibility index (Phi) is 3.76. The van der Waals surface area contributed by atoms with Crippen molar-refractivity contribution in [2.24, 2.45) is 23.7 Å². The van der Waals surface area contributed by atoms with E-state index in [4.69, 9.17) is 9.47 Å². The molecule has 4 aliphatic rings. The van der Waals surface area contributed by atoms with Crippen LogP contribution in [0.25, 0.3) is 11.1 Å². The summed E-state index contributed by atoms with van der Waals surface area (Å²) in [5.41, 5.74) is 2.37. The fourth-order valence-corrected chi connectivity index (χ4v) is 5.70. The highest BCUT2D eigenvalue weighted by molar-refractivity contribution is 5.94. The highest BCUT2D eigenvalue weighted by atomic mass is 16.5. The summed E-state index contributed by atoms with van der Waals surface area (Å²) in [5, 5.41) is 6.80. The first-order chi connectivity index (χ1) is 12.7. The third kappa shape index (κ3) is 2.61. The molecule has 1 aromatic heterocycles. The number of methoxy groups -OCH3 is 1. The van der Waals surface area contributed by atoms with Crippen LogP contribution < -0.4 is 4.74 Å². The predicted octanol–water partition coefficient (Wildman–Crippen LogP) is 4.07. The van der Waals surface area contributed by atoms with Crippen molar-refractivity contribution in [3.05, 3.63) is 36.2 Å². The van der Waals surface area contributed by atoms with E-state index in [0.29, 0.717) is 23.1 Å². The van der Waals surface area contributed by atoms with Crippen molar-refractivity contribution < 1.29 is 14.3 Å². The number of aromatic amines is 1. The van der Waals surface area contributed by atoms with Crippen molar-refractivity contribution in [3.8, 4) is 16.9 Å². The second-order valence-electron chi connectivity index (χ2n) is 8.20. The third-order valence-corrected chi connectivity index (χ3v) is 6.62. The Balaban J connectivity index is 1.45. The first-order valence-electron chi connectivity index (χ1n) is 9.59. The van der Waals surface area contributed by atoms with E-state index >= 15 is 0 Å². The highest BCUT2D eigenvalue weighted by Gasteiger charge is 2.49. The topological polar surface area (TPSA) is 64.2 Å². The molecule has 0 atom stereocenters. The number of esters is 1. The molecule has 0 amide bonds. The number of benzene rings is 1. The largest absolute Gasteiger partial charge is 0.489 e. The Morgan fingerprint density at radius 1 is 1.08 bits per heavy atom. The number of carbonyl (C=O) groups is 1. The molecule has 5 heteroatoms. The quantitative estimate of drug-likeness (QED) is 0.843. The minimum absolute atomic E-state index is 0.242. The van der Waals surface area contributed by atoms with Crippen LogP contribution in [-0.2, 0) is 4.74 Å². The molecule has 136 valence electrons. The second kappa shape index (κ2) is 6.15. The van der Waals surface area contributed by atoms with Crippen molar-refractivity contribution >= 4 is 5.97 Å². The van der Waals surface area contributed by atoms with E-state index in [0.717, 1.165) is 23.0 Å². The van der Waals surface area contributed by atoms with Gasteiger partial charge in [0, 0.05) is 11.8 Å². The van der Waals surface area contributed by atoms with Gasteiger partial charge in [-0.1, -0.05) is 6.07 Å². The van der Waals surface area contributed by atoms with Crippen LogP contribution in [0.4, 0.5) is 0 Å². The van der Waals surface area contributed by atoms with Gasteiger partial charge in [-0.05, 0) is 73.5 Å². The summed E-state index contributed by atoms with van der Waals surface area (Å²) in [6, 6.07) is 5.75. The number of nitrogens with one attached hydrogen (secondary N) is 1. The molecule has 2 aromatic rings. The van der Waals surface area contributed by atoms with Crippen LogP contribution in [0.15, 0.2) is 30.6 Å². The maximum absolute atomic E-state index is 12.4.